The normalized spacial score (nSPS) is 22.1. The molecule has 0 bridgehead atoms. The van der Waals surface area contributed by atoms with Crippen molar-refractivity contribution in [1.29, 1.82) is 0 Å². The fourth-order valence-electron chi connectivity index (χ4n) is 5.23. The highest BCUT2D eigenvalue weighted by molar-refractivity contribution is 5.86. The molecule has 2 saturated heterocycles. The first kappa shape index (κ1) is 22.6. The number of H-pyrrole nitrogens is 1. The van der Waals surface area contributed by atoms with Crippen LogP contribution in [0.2, 0.25) is 0 Å². The van der Waals surface area contributed by atoms with Crippen LogP contribution in [-0.2, 0) is 9.53 Å². The molecule has 0 unspecified atom stereocenters. The van der Waals surface area contributed by atoms with Gasteiger partial charge in [-0.1, -0.05) is 0 Å². The van der Waals surface area contributed by atoms with Crippen LogP contribution in [0.4, 0.5) is 22.4 Å². The molecule has 5 heterocycles. The summed E-state index contributed by atoms with van der Waals surface area (Å²) in [5.74, 6) is 2.38. The van der Waals surface area contributed by atoms with Gasteiger partial charge in [-0.15, -0.1) is 5.10 Å². The van der Waals surface area contributed by atoms with Crippen LogP contribution < -0.4 is 15.5 Å². The maximum atomic E-state index is 13.3. The lowest BCUT2D eigenvalue weighted by atomic mass is 10.1. The van der Waals surface area contributed by atoms with Crippen molar-refractivity contribution < 1.29 is 14.3 Å². The van der Waals surface area contributed by atoms with Gasteiger partial charge in [0.25, 0.3) is 0 Å². The lowest BCUT2D eigenvalue weighted by Gasteiger charge is -2.33. The summed E-state index contributed by atoms with van der Waals surface area (Å²) in [6, 6.07) is 5.44. The zero-order valence-corrected chi connectivity index (χ0v) is 20.3. The van der Waals surface area contributed by atoms with Crippen molar-refractivity contribution in [1.82, 2.24) is 35.0 Å². The summed E-state index contributed by atoms with van der Waals surface area (Å²) in [7, 11) is 1.38. The summed E-state index contributed by atoms with van der Waals surface area (Å²) in [5, 5.41) is 18.7. The van der Waals surface area contributed by atoms with Gasteiger partial charge < -0.3 is 25.2 Å². The molecule has 190 valence electrons. The van der Waals surface area contributed by atoms with Crippen molar-refractivity contribution in [3.63, 3.8) is 0 Å². The number of hydrogen-bond acceptors (Lipinski definition) is 8. The number of methoxy groups -OCH3 is 1. The first-order valence-corrected chi connectivity index (χ1v) is 12.7. The van der Waals surface area contributed by atoms with Gasteiger partial charge in [0.1, 0.15) is 11.6 Å². The Balaban J connectivity index is 1.20. The van der Waals surface area contributed by atoms with E-state index in [0.717, 1.165) is 36.9 Å². The van der Waals surface area contributed by atoms with Crippen molar-refractivity contribution >= 4 is 35.1 Å². The second-order valence-electron chi connectivity index (χ2n) is 9.82. The maximum absolute atomic E-state index is 13.3. The molecule has 2 aliphatic heterocycles. The number of amides is 2. The van der Waals surface area contributed by atoms with E-state index in [-0.39, 0.29) is 24.1 Å². The summed E-state index contributed by atoms with van der Waals surface area (Å²) in [6.07, 6.45) is 7.16. The molecule has 6 rings (SSSR count). The van der Waals surface area contributed by atoms with E-state index in [4.69, 9.17) is 14.8 Å². The molecule has 1 aliphatic carbocycles. The molecule has 2 atom stereocenters. The predicted molar refractivity (Wildman–Crippen MR) is 132 cm³/mol. The second kappa shape index (κ2) is 9.32. The third kappa shape index (κ3) is 4.42. The van der Waals surface area contributed by atoms with Gasteiger partial charge in [-0.2, -0.15) is 10.1 Å². The topological polar surface area (TPSA) is 133 Å². The molecular weight excluding hydrogens is 462 g/mol. The number of nitrogens with one attached hydrogen (secondary N) is 3. The van der Waals surface area contributed by atoms with Crippen LogP contribution in [0.5, 0.6) is 0 Å². The van der Waals surface area contributed by atoms with E-state index in [1.54, 1.807) is 9.42 Å². The molecule has 12 nitrogen and oxygen atoms in total. The number of carbonyl (C=O) groups excluding carboxylic acids is 2. The lowest BCUT2D eigenvalue weighted by Crippen LogP contribution is -2.53. The van der Waals surface area contributed by atoms with E-state index < -0.39 is 0 Å². The summed E-state index contributed by atoms with van der Waals surface area (Å²) < 4.78 is 6.63. The van der Waals surface area contributed by atoms with Gasteiger partial charge in [0.05, 0.1) is 7.11 Å². The average Bonchev–Trinajstić information content (AvgIpc) is 3.27. The summed E-state index contributed by atoms with van der Waals surface area (Å²) in [4.78, 5) is 33.7. The monoisotopic (exact) mass is 493 g/mol. The minimum atomic E-state index is -0.369. The number of likely N-dealkylation sites (tertiary alicyclic amines) is 1. The summed E-state index contributed by atoms with van der Waals surface area (Å²) in [6.45, 7) is 1.79. The van der Waals surface area contributed by atoms with Crippen molar-refractivity contribution in [3.05, 3.63) is 30.1 Å². The number of aromatic nitrogens is 5. The van der Waals surface area contributed by atoms with Crippen molar-refractivity contribution in [2.45, 2.75) is 56.5 Å². The first-order valence-electron chi connectivity index (χ1n) is 12.7. The third-order valence-electron chi connectivity index (χ3n) is 7.25. The van der Waals surface area contributed by atoms with E-state index >= 15 is 0 Å². The number of rotatable bonds is 6. The predicted octanol–water partition coefficient (Wildman–Crippen LogP) is 2.39. The Bertz CT molecular complexity index is 1270. The molecule has 36 heavy (non-hydrogen) atoms. The maximum Gasteiger partial charge on any atom is 0.409 e. The lowest BCUT2D eigenvalue weighted by molar-refractivity contribution is -0.123. The molecule has 1 saturated carbocycles. The number of ether oxygens (including phenoxy) is 1. The van der Waals surface area contributed by atoms with Crippen LogP contribution >= 0.6 is 0 Å². The molecule has 0 spiro atoms. The minimum Gasteiger partial charge on any atom is -0.453 e. The van der Waals surface area contributed by atoms with Crippen molar-refractivity contribution in [2.75, 3.05) is 37.0 Å². The quantitative estimate of drug-likeness (QED) is 0.477. The molecule has 2 amide bonds. The number of fused-ring (bicyclic) bond motifs is 1. The van der Waals surface area contributed by atoms with E-state index in [9.17, 15) is 9.59 Å². The fourth-order valence-corrected chi connectivity index (χ4v) is 5.23. The number of anilines is 3. The zero-order valence-electron chi connectivity index (χ0n) is 20.3. The number of aromatic amines is 1. The van der Waals surface area contributed by atoms with Crippen LogP contribution in [0.1, 0.15) is 50.1 Å². The fraction of sp³-hybridized carbons (Fsp3) is 0.542. The van der Waals surface area contributed by atoms with Gasteiger partial charge in [-0.3, -0.25) is 9.89 Å². The third-order valence-corrected chi connectivity index (χ3v) is 7.25. The van der Waals surface area contributed by atoms with Crippen LogP contribution in [0, 0.1) is 0 Å². The molecule has 3 aliphatic rings. The minimum absolute atomic E-state index is 0.0590. The van der Waals surface area contributed by atoms with Crippen LogP contribution in [0.3, 0.4) is 0 Å². The molecule has 3 aromatic heterocycles. The van der Waals surface area contributed by atoms with Gasteiger partial charge in [0.2, 0.25) is 11.9 Å². The zero-order chi connectivity index (χ0) is 24.6. The van der Waals surface area contributed by atoms with Crippen LogP contribution in [0.25, 0.3) is 5.52 Å². The highest BCUT2D eigenvalue weighted by Gasteiger charge is 2.35. The van der Waals surface area contributed by atoms with Gasteiger partial charge in [-0.25, -0.2) is 9.31 Å². The van der Waals surface area contributed by atoms with Crippen LogP contribution in [-0.4, -0.2) is 80.5 Å². The highest BCUT2D eigenvalue weighted by Crippen LogP contribution is 2.39. The molecular formula is C24H31N9O3. The SMILES string of the molecule is COC(=O)N1CCC[C@@H](NC(=O)[C@@H]2CCCN2c2nc(Nc3cc(C4CC4)[nH]n3)c3cccn3n2)C1. The Kier molecular flexibility index (Phi) is 5.86. The summed E-state index contributed by atoms with van der Waals surface area (Å²) >= 11 is 0. The number of piperidine rings is 1. The number of carbonyl (C=O) groups is 2. The van der Waals surface area contributed by atoms with Crippen molar-refractivity contribution in [2.24, 2.45) is 0 Å². The van der Waals surface area contributed by atoms with Gasteiger partial charge in [0.15, 0.2) is 11.6 Å². The van der Waals surface area contributed by atoms with Gasteiger partial charge in [0, 0.05) is 49.6 Å². The smallest absolute Gasteiger partial charge is 0.409 e. The van der Waals surface area contributed by atoms with Gasteiger partial charge >= 0.3 is 6.09 Å². The molecule has 0 aromatic carbocycles. The molecule has 12 heteroatoms. The second-order valence-corrected chi connectivity index (χ2v) is 9.82. The first-order chi connectivity index (χ1) is 17.6. The highest BCUT2D eigenvalue weighted by atomic mass is 16.5. The van der Waals surface area contributed by atoms with Crippen molar-refractivity contribution in [3.8, 4) is 0 Å². The van der Waals surface area contributed by atoms with E-state index in [2.05, 4.69) is 20.8 Å². The summed E-state index contributed by atoms with van der Waals surface area (Å²) in [5.41, 5.74) is 1.97. The Hall–Kier alpha value is -3.83. The van der Waals surface area contributed by atoms with E-state index in [0.29, 0.717) is 43.1 Å². The molecule has 3 fully saturated rings. The number of hydrogen-bond donors (Lipinski definition) is 3. The van der Waals surface area contributed by atoms with Gasteiger partial charge in [-0.05, 0) is 50.7 Å². The Morgan fingerprint density at radius 1 is 1.17 bits per heavy atom. The molecule has 3 N–H and O–H groups in total. The standard InChI is InChI=1S/C24H31N9O3/c1-36-24(35)31-10-2-5-16(14-31)25-22(34)19-7-3-11-32(19)23-27-21(18-6-4-12-33(18)30-23)26-20-13-17(28-29-20)15-8-9-15/h4,6,12-13,15-16,19H,2-3,5,7-11,14H2,1H3,(H,25,34)(H2,26,27,28,29,30)/t16-,19+/m1/s1. The average molecular weight is 494 g/mol. The largest absolute Gasteiger partial charge is 0.453 e. The van der Waals surface area contributed by atoms with E-state index in [1.165, 1.54) is 20.0 Å². The molecule has 0 radical (unpaired) electrons. The molecule has 3 aromatic rings. The van der Waals surface area contributed by atoms with E-state index in [1.807, 2.05) is 29.3 Å². The number of nitrogens with zero attached hydrogens (tertiary/aromatic N) is 6. The Morgan fingerprint density at radius 2 is 2.03 bits per heavy atom. The van der Waals surface area contributed by atoms with Crippen LogP contribution in [0.15, 0.2) is 24.4 Å². The Labute approximate surface area is 208 Å². The Morgan fingerprint density at radius 3 is 2.86 bits per heavy atom.